The minimum absolute atomic E-state index is 0.138. The Morgan fingerprint density at radius 2 is 1.74 bits per heavy atom. The van der Waals surface area contributed by atoms with E-state index in [0.29, 0.717) is 25.4 Å². The summed E-state index contributed by atoms with van der Waals surface area (Å²) in [4.78, 5) is 39.4. The number of carbonyl (C=O) groups excluding carboxylic acids is 1. The molecule has 0 saturated carbocycles. The molecule has 2 aromatic rings. The van der Waals surface area contributed by atoms with Crippen LogP contribution in [0.15, 0.2) is 30.9 Å². The van der Waals surface area contributed by atoms with Gasteiger partial charge in [0.25, 0.3) is 11.9 Å². The zero-order valence-electron chi connectivity index (χ0n) is 20.6. The van der Waals surface area contributed by atoms with Gasteiger partial charge in [-0.1, -0.05) is 0 Å². The van der Waals surface area contributed by atoms with Crippen molar-refractivity contribution in [3.05, 3.63) is 36.7 Å². The van der Waals surface area contributed by atoms with E-state index in [2.05, 4.69) is 19.5 Å². The van der Waals surface area contributed by atoms with Gasteiger partial charge in [0.15, 0.2) is 0 Å². The van der Waals surface area contributed by atoms with E-state index in [1.165, 1.54) is 0 Å². The Morgan fingerprint density at radius 1 is 1.06 bits per heavy atom. The molecule has 12 nitrogen and oxygen atoms in total. The van der Waals surface area contributed by atoms with Gasteiger partial charge in [-0.05, 0) is 12.0 Å². The third-order valence-corrected chi connectivity index (χ3v) is 6.18. The predicted octanol–water partition coefficient (Wildman–Crippen LogP) is 0.184. The number of nitrogens with zero attached hydrogens (tertiary/aromatic N) is 6. The molecule has 0 spiro atoms. The molecular formula is C23H36N6O6. The van der Waals surface area contributed by atoms with Gasteiger partial charge < -0.3 is 29.7 Å². The molecule has 2 aliphatic rings. The Hall–Kier alpha value is -3.25. The van der Waals surface area contributed by atoms with Crippen LogP contribution in [0.4, 0.5) is 0 Å². The lowest BCUT2D eigenvalue weighted by atomic mass is 9.82. The number of hydrogen-bond donors (Lipinski definition) is 3. The van der Waals surface area contributed by atoms with Crippen molar-refractivity contribution < 1.29 is 29.7 Å². The van der Waals surface area contributed by atoms with Gasteiger partial charge in [-0.15, -0.1) is 0 Å². The van der Waals surface area contributed by atoms with E-state index >= 15 is 0 Å². The van der Waals surface area contributed by atoms with Crippen LogP contribution in [0.1, 0.15) is 26.1 Å². The van der Waals surface area contributed by atoms with Gasteiger partial charge in [-0.3, -0.25) is 19.1 Å². The van der Waals surface area contributed by atoms with Gasteiger partial charge in [0.1, 0.15) is 5.82 Å². The molecule has 2 aliphatic heterocycles. The van der Waals surface area contributed by atoms with Crippen LogP contribution in [-0.4, -0.2) is 102 Å². The van der Waals surface area contributed by atoms with Crippen molar-refractivity contribution in [2.45, 2.75) is 33.2 Å². The molecule has 0 bridgehead atoms. The number of hydrogen-bond acceptors (Lipinski definition) is 7. The van der Waals surface area contributed by atoms with Crippen molar-refractivity contribution >= 4 is 17.8 Å². The zero-order chi connectivity index (χ0) is 26.0. The lowest BCUT2D eigenvalue weighted by Crippen LogP contribution is -2.39. The predicted molar refractivity (Wildman–Crippen MR) is 126 cm³/mol. The molecule has 0 radical (unpaired) electrons. The van der Waals surface area contributed by atoms with Crippen LogP contribution in [0.2, 0.25) is 0 Å². The first-order valence-electron chi connectivity index (χ1n) is 11.5. The SMILES string of the molecule is CC(=O)O.CC(=O)O.Cn1ccnc1CCN1CC2CN(C(=O)CCn3cccn3)CC2(CO)C1. The monoisotopic (exact) mass is 492 g/mol. The van der Waals surface area contributed by atoms with Crippen LogP contribution < -0.4 is 0 Å². The van der Waals surface area contributed by atoms with E-state index in [-0.39, 0.29) is 17.9 Å². The van der Waals surface area contributed by atoms with Gasteiger partial charge in [-0.25, -0.2) is 4.98 Å². The third-order valence-electron chi connectivity index (χ3n) is 6.18. The normalized spacial score (nSPS) is 20.9. The zero-order valence-corrected chi connectivity index (χ0v) is 20.6. The number of likely N-dealkylation sites (tertiary alicyclic amines) is 2. The number of rotatable bonds is 7. The molecule has 2 saturated heterocycles. The van der Waals surface area contributed by atoms with Gasteiger partial charge >= 0.3 is 0 Å². The smallest absolute Gasteiger partial charge is 0.300 e. The number of aromatic nitrogens is 4. The number of aliphatic hydroxyl groups is 1. The van der Waals surface area contributed by atoms with Crippen LogP contribution >= 0.6 is 0 Å². The molecule has 0 aliphatic carbocycles. The van der Waals surface area contributed by atoms with Crippen molar-refractivity contribution in [3.63, 3.8) is 0 Å². The molecule has 2 unspecified atom stereocenters. The Kier molecular flexibility index (Phi) is 10.4. The van der Waals surface area contributed by atoms with Crippen LogP contribution in [-0.2, 0) is 34.4 Å². The van der Waals surface area contributed by atoms with Crippen LogP contribution in [0.5, 0.6) is 0 Å². The molecule has 4 rings (SSSR count). The topological polar surface area (TPSA) is 154 Å². The maximum Gasteiger partial charge on any atom is 0.300 e. The summed E-state index contributed by atoms with van der Waals surface area (Å²) in [5.74, 6) is -0.0784. The number of amides is 1. The van der Waals surface area contributed by atoms with Gasteiger partial charge in [0, 0.05) is 103 Å². The fourth-order valence-electron chi connectivity index (χ4n) is 4.57. The van der Waals surface area contributed by atoms with Crippen molar-refractivity contribution in [2.24, 2.45) is 18.4 Å². The Labute approximate surface area is 204 Å². The number of aryl methyl sites for hydroxylation is 2. The maximum atomic E-state index is 12.6. The van der Waals surface area contributed by atoms with E-state index in [4.69, 9.17) is 19.8 Å². The number of aliphatic hydroxyl groups excluding tert-OH is 1. The molecule has 1 amide bonds. The third kappa shape index (κ3) is 8.48. The molecule has 4 heterocycles. The second-order valence-corrected chi connectivity index (χ2v) is 8.99. The van der Waals surface area contributed by atoms with Crippen LogP contribution in [0, 0.1) is 11.3 Å². The highest BCUT2D eigenvalue weighted by Gasteiger charge is 2.52. The highest BCUT2D eigenvalue weighted by atomic mass is 16.4. The molecule has 12 heteroatoms. The summed E-state index contributed by atoms with van der Waals surface area (Å²) in [6.45, 7) is 7.04. The Balaban J connectivity index is 0.000000473. The first kappa shape index (κ1) is 28.0. The number of carboxylic acid groups (broad SMARTS) is 2. The number of carboxylic acids is 2. The van der Waals surface area contributed by atoms with E-state index in [0.717, 1.165) is 52.3 Å². The van der Waals surface area contributed by atoms with Crippen molar-refractivity contribution in [3.8, 4) is 0 Å². The lowest BCUT2D eigenvalue weighted by molar-refractivity contribution is -0.135. The molecule has 35 heavy (non-hydrogen) atoms. The fraction of sp³-hybridized carbons (Fsp3) is 0.609. The minimum Gasteiger partial charge on any atom is -0.481 e. The summed E-state index contributed by atoms with van der Waals surface area (Å²) in [6, 6.07) is 1.87. The Bertz CT molecular complexity index is 942. The average molecular weight is 493 g/mol. The molecule has 2 fully saturated rings. The molecule has 0 aromatic carbocycles. The summed E-state index contributed by atoms with van der Waals surface area (Å²) in [5.41, 5.74) is -0.178. The second-order valence-electron chi connectivity index (χ2n) is 8.99. The number of aliphatic carboxylic acids is 2. The molecular weight excluding hydrogens is 456 g/mol. The lowest BCUT2D eigenvalue weighted by Gasteiger charge is -2.27. The maximum absolute atomic E-state index is 12.6. The number of carbonyl (C=O) groups is 3. The van der Waals surface area contributed by atoms with E-state index in [9.17, 15) is 9.90 Å². The summed E-state index contributed by atoms with van der Waals surface area (Å²) in [7, 11) is 2.02. The average Bonchev–Trinajstić information content (AvgIpc) is 3.54. The molecule has 2 aromatic heterocycles. The largest absolute Gasteiger partial charge is 0.481 e. The van der Waals surface area contributed by atoms with Gasteiger partial charge in [0.2, 0.25) is 5.91 Å². The first-order chi connectivity index (χ1) is 16.6. The number of imidazole rings is 1. The summed E-state index contributed by atoms with van der Waals surface area (Å²) < 4.78 is 3.84. The minimum atomic E-state index is -0.833. The molecule has 194 valence electrons. The van der Waals surface area contributed by atoms with Crippen molar-refractivity contribution in [2.75, 3.05) is 39.3 Å². The van der Waals surface area contributed by atoms with Gasteiger partial charge in [-0.2, -0.15) is 5.10 Å². The van der Waals surface area contributed by atoms with E-state index in [1.54, 1.807) is 10.9 Å². The van der Waals surface area contributed by atoms with E-state index in [1.807, 2.05) is 36.6 Å². The number of fused-ring (bicyclic) bond motifs is 1. The van der Waals surface area contributed by atoms with Crippen LogP contribution in [0.3, 0.4) is 0 Å². The first-order valence-corrected chi connectivity index (χ1v) is 11.5. The quantitative estimate of drug-likeness (QED) is 0.491. The molecule has 3 N–H and O–H groups in total. The highest BCUT2D eigenvalue weighted by Crippen LogP contribution is 2.42. The summed E-state index contributed by atoms with van der Waals surface area (Å²) in [6.07, 6.45) is 8.76. The standard InChI is InChI=1S/C19H28N6O2.2C2H4O2/c1-22-10-6-20-17(22)3-8-23-11-16-12-24(14-19(16,13-23)15-26)18(27)4-9-25-7-2-5-21-25;2*1-2(3)4/h2,5-7,10,16,26H,3-4,8-9,11-15H2,1H3;2*1H3,(H,3,4). The van der Waals surface area contributed by atoms with Gasteiger partial charge in [0.05, 0.1) is 6.61 Å². The fourth-order valence-corrected chi connectivity index (χ4v) is 4.57. The van der Waals surface area contributed by atoms with Crippen molar-refractivity contribution in [1.82, 2.24) is 29.1 Å². The van der Waals surface area contributed by atoms with E-state index < -0.39 is 11.9 Å². The highest BCUT2D eigenvalue weighted by molar-refractivity contribution is 5.76. The second kappa shape index (κ2) is 13.0. The summed E-state index contributed by atoms with van der Waals surface area (Å²) >= 11 is 0. The summed E-state index contributed by atoms with van der Waals surface area (Å²) in [5, 5.41) is 29.1. The molecule has 2 atom stereocenters. The van der Waals surface area contributed by atoms with Crippen molar-refractivity contribution in [1.29, 1.82) is 0 Å². The van der Waals surface area contributed by atoms with Crippen LogP contribution in [0.25, 0.3) is 0 Å². The Morgan fingerprint density at radius 3 is 2.26 bits per heavy atom.